The summed E-state index contributed by atoms with van der Waals surface area (Å²) in [5.41, 5.74) is 0.527. The second-order valence-corrected chi connectivity index (χ2v) is 5.29. The van der Waals surface area contributed by atoms with Crippen LogP contribution in [0.15, 0.2) is 41.6 Å². The number of esters is 1. The monoisotopic (exact) mass is 281 g/mol. The van der Waals surface area contributed by atoms with E-state index in [1.165, 1.54) is 37.7 Å². The molecule has 0 radical (unpaired) electrons. The van der Waals surface area contributed by atoms with Crippen molar-refractivity contribution in [1.29, 1.82) is 0 Å². The first kappa shape index (κ1) is 13.1. The van der Waals surface area contributed by atoms with Gasteiger partial charge in [-0.1, -0.05) is 6.07 Å². The first-order valence-electron chi connectivity index (χ1n) is 5.23. The number of carbonyl (C=O) groups excluding carboxylic acids is 1. The minimum atomic E-state index is -3.72. The highest BCUT2D eigenvalue weighted by Crippen LogP contribution is 2.16. The number of methoxy groups -OCH3 is 1. The molecule has 0 aliphatic heterocycles. The van der Waals surface area contributed by atoms with Crippen LogP contribution in [-0.2, 0) is 14.8 Å². The smallest absolute Gasteiger partial charge is 0.337 e. The van der Waals surface area contributed by atoms with E-state index in [0.717, 1.165) is 0 Å². The Morgan fingerprint density at radius 1 is 1.42 bits per heavy atom. The van der Waals surface area contributed by atoms with E-state index < -0.39 is 16.0 Å². The van der Waals surface area contributed by atoms with Crippen LogP contribution in [0.4, 0.5) is 5.69 Å². The summed E-state index contributed by atoms with van der Waals surface area (Å²) in [7, 11) is -2.46. The van der Waals surface area contributed by atoms with Crippen molar-refractivity contribution in [1.82, 2.24) is 10.2 Å². The zero-order valence-corrected chi connectivity index (χ0v) is 10.8. The average Bonchev–Trinajstić information content (AvgIpc) is 2.92. The lowest BCUT2D eigenvalue weighted by Crippen LogP contribution is -2.12. The molecule has 0 amide bonds. The van der Waals surface area contributed by atoms with Gasteiger partial charge in [0.1, 0.15) is 4.90 Å². The molecule has 8 heteroatoms. The lowest BCUT2D eigenvalue weighted by atomic mass is 10.2. The molecule has 1 heterocycles. The SMILES string of the molecule is COC(=O)c1cccc(NS(=O)(=O)c2cn[nH]c2)c1. The Balaban J connectivity index is 2.27. The topological polar surface area (TPSA) is 101 Å². The Hall–Kier alpha value is -2.35. The molecular weight excluding hydrogens is 270 g/mol. The van der Waals surface area contributed by atoms with Gasteiger partial charge < -0.3 is 4.74 Å². The third-order valence-electron chi connectivity index (χ3n) is 2.32. The largest absolute Gasteiger partial charge is 0.465 e. The molecule has 2 aromatic rings. The van der Waals surface area contributed by atoms with Crippen molar-refractivity contribution in [2.75, 3.05) is 11.8 Å². The molecule has 0 bridgehead atoms. The first-order valence-corrected chi connectivity index (χ1v) is 6.71. The van der Waals surface area contributed by atoms with E-state index >= 15 is 0 Å². The Labute approximate surface area is 109 Å². The van der Waals surface area contributed by atoms with Gasteiger partial charge in [0.2, 0.25) is 0 Å². The molecule has 0 aliphatic rings. The van der Waals surface area contributed by atoms with E-state index in [1.54, 1.807) is 6.07 Å². The Morgan fingerprint density at radius 3 is 2.84 bits per heavy atom. The number of benzene rings is 1. The number of H-pyrrole nitrogens is 1. The van der Waals surface area contributed by atoms with Crippen LogP contribution in [0.1, 0.15) is 10.4 Å². The van der Waals surface area contributed by atoms with Gasteiger partial charge >= 0.3 is 5.97 Å². The lowest BCUT2D eigenvalue weighted by Gasteiger charge is -2.07. The molecule has 2 N–H and O–H groups in total. The van der Waals surface area contributed by atoms with Gasteiger partial charge in [-0.15, -0.1) is 0 Å². The van der Waals surface area contributed by atoms with Gasteiger partial charge in [-0.25, -0.2) is 13.2 Å². The Kier molecular flexibility index (Phi) is 3.52. The fourth-order valence-corrected chi connectivity index (χ4v) is 2.38. The van der Waals surface area contributed by atoms with Gasteiger partial charge in [0, 0.05) is 11.9 Å². The van der Waals surface area contributed by atoms with Gasteiger partial charge in [0.05, 0.1) is 18.9 Å². The van der Waals surface area contributed by atoms with Gasteiger partial charge in [-0.05, 0) is 18.2 Å². The molecule has 0 unspecified atom stereocenters. The molecule has 1 aromatic carbocycles. The predicted octanol–water partition coefficient (Wildman–Crippen LogP) is 0.997. The summed E-state index contributed by atoms with van der Waals surface area (Å²) in [6.45, 7) is 0. The third-order valence-corrected chi connectivity index (χ3v) is 3.67. The molecule has 0 saturated carbocycles. The quantitative estimate of drug-likeness (QED) is 0.814. The highest BCUT2D eigenvalue weighted by Gasteiger charge is 2.16. The number of rotatable bonds is 4. The van der Waals surface area contributed by atoms with Gasteiger partial charge in [-0.3, -0.25) is 9.82 Å². The molecule has 0 atom stereocenters. The van der Waals surface area contributed by atoms with Crippen LogP contribution in [0.5, 0.6) is 0 Å². The number of hydrogen-bond acceptors (Lipinski definition) is 5. The summed E-state index contributed by atoms with van der Waals surface area (Å²) in [4.78, 5) is 11.4. The number of aromatic nitrogens is 2. The average molecular weight is 281 g/mol. The van der Waals surface area contributed by atoms with Crippen LogP contribution in [0.3, 0.4) is 0 Å². The van der Waals surface area contributed by atoms with Crippen molar-refractivity contribution in [3.05, 3.63) is 42.2 Å². The van der Waals surface area contributed by atoms with Gasteiger partial charge in [0.15, 0.2) is 0 Å². The van der Waals surface area contributed by atoms with Crippen LogP contribution >= 0.6 is 0 Å². The number of sulfonamides is 1. The summed E-state index contributed by atoms with van der Waals surface area (Å²) in [5, 5.41) is 5.99. The fraction of sp³-hybridized carbons (Fsp3) is 0.0909. The molecule has 19 heavy (non-hydrogen) atoms. The minimum Gasteiger partial charge on any atom is -0.465 e. The van der Waals surface area contributed by atoms with Crippen LogP contribution in [0, 0.1) is 0 Å². The maximum atomic E-state index is 11.9. The first-order chi connectivity index (χ1) is 9.03. The zero-order chi connectivity index (χ0) is 13.9. The van der Waals surface area contributed by atoms with Gasteiger partial charge in [-0.2, -0.15) is 5.10 Å². The number of hydrogen-bond donors (Lipinski definition) is 2. The molecule has 0 saturated heterocycles. The number of carbonyl (C=O) groups is 1. The standard InChI is InChI=1S/C11H11N3O4S/c1-18-11(15)8-3-2-4-9(5-8)14-19(16,17)10-6-12-13-7-10/h2-7,14H,1H3,(H,12,13). The van der Waals surface area contributed by atoms with Crippen molar-refractivity contribution in [3.63, 3.8) is 0 Å². The molecule has 0 fully saturated rings. The number of ether oxygens (including phenoxy) is 1. The Bertz CT molecular complexity index is 680. The second kappa shape index (κ2) is 5.11. The molecule has 100 valence electrons. The van der Waals surface area contributed by atoms with E-state index in [4.69, 9.17) is 0 Å². The van der Waals surface area contributed by atoms with Crippen LogP contribution < -0.4 is 4.72 Å². The maximum absolute atomic E-state index is 11.9. The van der Waals surface area contributed by atoms with Crippen molar-refractivity contribution in [2.24, 2.45) is 0 Å². The molecule has 0 spiro atoms. The summed E-state index contributed by atoms with van der Waals surface area (Å²) in [6.07, 6.45) is 2.44. The Morgan fingerprint density at radius 2 is 2.21 bits per heavy atom. The van der Waals surface area contributed by atoms with Crippen molar-refractivity contribution in [2.45, 2.75) is 4.90 Å². The summed E-state index contributed by atoms with van der Waals surface area (Å²) < 4.78 is 30.8. The van der Waals surface area contributed by atoms with Gasteiger partial charge in [0.25, 0.3) is 10.0 Å². The molecular formula is C11H11N3O4S. The van der Waals surface area contributed by atoms with Crippen LogP contribution in [0.2, 0.25) is 0 Å². The van der Waals surface area contributed by atoms with Crippen molar-refractivity contribution < 1.29 is 17.9 Å². The molecule has 2 rings (SSSR count). The van der Waals surface area contributed by atoms with Crippen molar-refractivity contribution >= 4 is 21.7 Å². The zero-order valence-electron chi connectivity index (χ0n) is 9.95. The summed E-state index contributed by atoms with van der Waals surface area (Å²) in [6, 6.07) is 6.01. The highest BCUT2D eigenvalue weighted by molar-refractivity contribution is 7.92. The molecule has 1 aromatic heterocycles. The normalized spacial score (nSPS) is 11.0. The fourth-order valence-electron chi connectivity index (χ4n) is 1.43. The van der Waals surface area contributed by atoms with Crippen LogP contribution in [-0.4, -0.2) is 31.7 Å². The molecule has 7 nitrogen and oxygen atoms in total. The number of anilines is 1. The maximum Gasteiger partial charge on any atom is 0.337 e. The molecule has 0 aliphatic carbocycles. The van der Waals surface area contributed by atoms with E-state index in [0.29, 0.717) is 0 Å². The predicted molar refractivity (Wildman–Crippen MR) is 67.2 cm³/mol. The number of nitrogens with one attached hydrogen (secondary N) is 2. The van der Waals surface area contributed by atoms with E-state index in [1.807, 2.05) is 0 Å². The van der Waals surface area contributed by atoms with Crippen LogP contribution in [0.25, 0.3) is 0 Å². The highest BCUT2D eigenvalue weighted by atomic mass is 32.2. The minimum absolute atomic E-state index is 0.0102. The van der Waals surface area contributed by atoms with E-state index in [-0.39, 0.29) is 16.1 Å². The second-order valence-electron chi connectivity index (χ2n) is 3.61. The summed E-state index contributed by atoms with van der Waals surface area (Å²) >= 11 is 0. The number of nitrogens with zero attached hydrogens (tertiary/aromatic N) is 1. The number of aromatic amines is 1. The lowest BCUT2D eigenvalue weighted by molar-refractivity contribution is 0.0601. The van der Waals surface area contributed by atoms with E-state index in [9.17, 15) is 13.2 Å². The van der Waals surface area contributed by atoms with E-state index in [2.05, 4.69) is 19.7 Å². The van der Waals surface area contributed by atoms with Crippen molar-refractivity contribution in [3.8, 4) is 0 Å². The third kappa shape index (κ3) is 2.91. The summed E-state index contributed by atoms with van der Waals surface area (Å²) in [5.74, 6) is -0.538.